The van der Waals surface area contributed by atoms with Crippen LogP contribution in [0.2, 0.25) is 0 Å². The number of carbonyl (C=O) groups is 1. The zero-order valence-corrected chi connectivity index (χ0v) is 20.4. The zero-order valence-electron chi connectivity index (χ0n) is 19.6. The van der Waals surface area contributed by atoms with Gasteiger partial charge in [0, 0.05) is 36.1 Å². The van der Waals surface area contributed by atoms with Crippen LogP contribution in [0.25, 0.3) is 10.1 Å². The van der Waals surface area contributed by atoms with Gasteiger partial charge in [0.15, 0.2) is 0 Å². The standard InChI is InChI=1S/C28H33N3O2S/c32-28(22-10-14-31(18-22)24-5-4-21-11-15-34-27(21)17-24)29-23(19-30-12-1-13-30)16-20-2-6-25(7-3-20)33-26-8-9-26/h2-7,11,15,17,22-23,26H,1,8-10,12-14,16,18-19H2,(H,29,32)/t22-,23?/m1/s1. The number of hydrogen-bond donors (Lipinski definition) is 1. The van der Waals surface area contributed by atoms with E-state index < -0.39 is 0 Å². The lowest BCUT2D eigenvalue weighted by molar-refractivity contribution is -0.125. The molecule has 1 N–H and O–H groups in total. The number of thiophene rings is 1. The number of benzene rings is 2. The minimum absolute atomic E-state index is 0.0484. The van der Waals surface area contributed by atoms with Crippen molar-refractivity contribution in [1.82, 2.24) is 10.2 Å². The van der Waals surface area contributed by atoms with Gasteiger partial charge in [0.2, 0.25) is 5.91 Å². The molecule has 1 aliphatic carbocycles. The van der Waals surface area contributed by atoms with Crippen LogP contribution in [-0.4, -0.2) is 55.7 Å². The Labute approximate surface area is 205 Å². The fourth-order valence-corrected chi connectivity index (χ4v) is 5.89. The second-order valence-electron chi connectivity index (χ2n) is 10.1. The van der Waals surface area contributed by atoms with E-state index in [0.29, 0.717) is 6.10 Å². The first-order valence-corrected chi connectivity index (χ1v) is 13.6. The first-order chi connectivity index (χ1) is 16.7. The Balaban J connectivity index is 1.08. The van der Waals surface area contributed by atoms with Gasteiger partial charge in [-0.2, -0.15) is 0 Å². The summed E-state index contributed by atoms with van der Waals surface area (Å²) in [7, 11) is 0. The maximum Gasteiger partial charge on any atom is 0.225 e. The predicted molar refractivity (Wildman–Crippen MR) is 139 cm³/mol. The number of amides is 1. The second kappa shape index (κ2) is 9.59. The van der Waals surface area contributed by atoms with Crippen molar-refractivity contribution >= 4 is 33.0 Å². The molecule has 1 saturated carbocycles. The molecule has 6 heteroatoms. The highest BCUT2D eigenvalue weighted by molar-refractivity contribution is 7.17. The molecule has 2 atom stereocenters. The van der Waals surface area contributed by atoms with Crippen LogP contribution >= 0.6 is 11.3 Å². The van der Waals surface area contributed by atoms with Crippen LogP contribution in [0.1, 0.15) is 31.2 Å². The van der Waals surface area contributed by atoms with E-state index in [0.717, 1.165) is 51.3 Å². The quantitative estimate of drug-likeness (QED) is 0.487. The van der Waals surface area contributed by atoms with Crippen molar-refractivity contribution in [2.45, 2.75) is 44.2 Å². The minimum atomic E-state index is 0.0484. The predicted octanol–water partition coefficient (Wildman–Crippen LogP) is 4.70. The molecule has 3 aromatic rings. The molecule has 6 rings (SSSR count). The summed E-state index contributed by atoms with van der Waals surface area (Å²) in [6.07, 6.45) is 5.80. The van der Waals surface area contributed by atoms with Crippen LogP contribution in [-0.2, 0) is 11.2 Å². The van der Waals surface area contributed by atoms with Crippen LogP contribution in [0, 0.1) is 5.92 Å². The Kier molecular flexibility index (Phi) is 6.18. The Morgan fingerprint density at radius 3 is 2.68 bits per heavy atom. The lowest BCUT2D eigenvalue weighted by atomic mass is 10.0. The van der Waals surface area contributed by atoms with E-state index >= 15 is 0 Å². The van der Waals surface area contributed by atoms with Crippen LogP contribution < -0.4 is 15.0 Å². The van der Waals surface area contributed by atoms with E-state index in [2.05, 4.69) is 69.0 Å². The van der Waals surface area contributed by atoms with Crippen molar-refractivity contribution in [1.29, 1.82) is 0 Å². The summed E-state index contributed by atoms with van der Waals surface area (Å²) in [5, 5.41) is 6.86. The molecule has 1 amide bonds. The van der Waals surface area contributed by atoms with E-state index in [1.807, 2.05) is 0 Å². The third kappa shape index (κ3) is 5.08. The smallest absolute Gasteiger partial charge is 0.225 e. The van der Waals surface area contributed by atoms with E-state index in [-0.39, 0.29) is 17.9 Å². The third-order valence-corrected chi connectivity index (χ3v) is 8.25. The molecule has 3 aliphatic rings. The van der Waals surface area contributed by atoms with Crippen molar-refractivity contribution in [3.8, 4) is 5.75 Å². The SMILES string of the molecule is O=C(NC(Cc1ccc(OC2CC2)cc1)CN1CCC1)[C@@H]1CCN(c2ccc3ccsc3c2)C1. The topological polar surface area (TPSA) is 44.8 Å². The summed E-state index contributed by atoms with van der Waals surface area (Å²) in [5.74, 6) is 1.22. The van der Waals surface area contributed by atoms with Gasteiger partial charge in [-0.05, 0) is 91.9 Å². The molecule has 34 heavy (non-hydrogen) atoms. The summed E-state index contributed by atoms with van der Waals surface area (Å²) < 4.78 is 7.21. The molecule has 3 heterocycles. The van der Waals surface area contributed by atoms with Crippen molar-refractivity contribution in [3.63, 3.8) is 0 Å². The van der Waals surface area contributed by atoms with Crippen molar-refractivity contribution in [2.75, 3.05) is 37.6 Å². The Morgan fingerprint density at radius 2 is 1.91 bits per heavy atom. The highest BCUT2D eigenvalue weighted by Gasteiger charge is 2.31. The average Bonchev–Trinajstić information content (AvgIpc) is 3.30. The molecular weight excluding hydrogens is 442 g/mol. The number of likely N-dealkylation sites (tertiary alicyclic amines) is 1. The fourth-order valence-electron chi connectivity index (χ4n) is 5.07. The minimum Gasteiger partial charge on any atom is -0.490 e. The van der Waals surface area contributed by atoms with Gasteiger partial charge in [-0.1, -0.05) is 18.2 Å². The molecule has 3 fully saturated rings. The Bertz CT molecular complexity index is 1140. The molecule has 178 valence electrons. The summed E-state index contributed by atoms with van der Waals surface area (Å²) >= 11 is 1.78. The molecule has 5 nitrogen and oxygen atoms in total. The number of nitrogens with zero attached hydrogens (tertiary/aromatic N) is 2. The van der Waals surface area contributed by atoms with Crippen LogP contribution in [0.4, 0.5) is 5.69 Å². The third-order valence-electron chi connectivity index (χ3n) is 7.37. The average molecular weight is 476 g/mol. The molecule has 0 radical (unpaired) electrons. The normalized spacial score (nSPS) is 21.4. The largest absolute Gasteiger partial charge is 0.490 e. The maximum absolute atomic E-state index is 13.3. The summed E-state index contributed by atoms with van der Waals surface area (Å²) in [6, 6.07) is 17.4. The van der Waals surface area contributed by atoms with Crippen molar-refractivity contribution in [2.24, 2.45) is 5.92 Å². The molecule has 0 spiro atoms. The lowest BCUT2D eigenvalue weighted by Crippen LogP contribution is -2.50. The molecule has 0 bridgehead atoms. The van der Waals surface area contributed by atoms with Gasteiger partial charge in [0.25, 0.3) is 0 Å². The monoisotopic (exact) mass is 475 g/mol. The molecule has 1 aromatic heterocycles. The number of anilines is 1. The molecule has 2 aromatic carbocycles. The summed E-state index contributed by atoms with van der Waals surface area (Å²) in [4.78, 5) is 18.1. The number of nitrogens with one attached hydrogen (secondary N) is 1. The molecular formula is C28H33N3O2S. The number of rotatable bonds is 9. The van der Waals surface area contributed by atoms with Crippen molar-refractivity contribution < 1.29 is 9.53 Å². The Morgan fingerprint density at radius 1 is 1.06 bits per heavy atom. The first-order valence-electron chi connectivity index (χ1n) is 12.7. The number of ether oxygens (including phenoxy) is 1. The van der Waals surface area contributed by atoms with Gasteiger partial charge in [0.1, 0.15) is 5.75 Å². The second-order valence-corrected chi connectivity index (χ2v) is 11.0. The van der Waals surface area contributed by atoms with Crippen molar-refractivity contribution in [3.05, 3.63) is 59.5 Å². The highest BCUT2D eigenvalue weighted by Crippen LogP contribution is 2.30. The molecule has 2 saturated heterocycles. The van der Waals surface area contributed by atoms with Crippen LogP contribution in [0.3, 0.4) is 0 Å². The van der Waals surface area contributed by atoms with Crippen LogP contribution in [0.15, 0.2) is 53.9 Å². The van der Waals surface area contributed by atoms with Gasteiger partial charge in [-0.15, -0.1) is 11.3 Å². The molecule has 1 unspecified atom stereocenters. The van der Waals surface area contributed by atoms with Gasteiger partial charge in [-0.3, -0.25) is 4.79 Å². The number of hydrogen-bond acceptors (Lipinski definition) is 5. The van der Waals surface area contributed by atoms with E-state index in [1.165, 1.54) is 40.6 Å². The zero-order chi connectivity index (χ0) is 22.9. The Hall–Kier alpha value is -2.57. The maximum atomic E-state index is 13.3. The van der Waals surface area contributed by atoms with E-state index in [9.17, 15) is 4.79 Å². The first kappa shape index (κ1) is 21.9. The summed E-state index contributed by atoms with van der Waals surface area (Å²) in [6.45, 7) is 4.95. The van der Waals surface area contributed by atoms with Crippen LogP contribution in [0.5, 0.6) is 5.75 Å². The lowest BCUT2D eigenvalue weighted by Gasteiger charge is -2.34. The van der Waals surface area contributed by atoms with Gasteiger partial charge >= 0.3 is 0 Å². The fraction of sp³-hybridized carbons (Fsp3) is 0.464. The molecule has 2 aliphatic heterocycles. The van der Waals surface area contributed by atoms with E-state index in [1.54, 1.807) is 11.3 Å². The van der Waals surface area contributed by atoms with Gasteiger partial charge < -0.3 is 19.9 Å². The van der Waals surface area contributed by atoms with Gasteiger partial charge in [0.05, 0.1) is 12.0 Å². The highest BCUT2D eigenvalue weighted by atomic mass is 32.1. The van der Waals surface area contributed by atoms with E-state index in [4.69, 9.17) is 4.74 Å². The number of fused-ring (bicyclic) bond motifs is 1. The number of carbonyl (C=O) groups excluding carboxylic acids is 1. The van der Waals surface area contributed by atoms with Gasteiger partial charge in [-0.25, -0.2) is 0 Å². The summed E-state index contributed by atoms with van der Waals surface area (Å²) in [5.41, 5.74) is 2.49.